The summed E-state index contributed by atoms with van der Waals surface area (Å²) >= 11 is 8.93. The number of aromatic nitrogens is 4. The van der Waals surface area contributed by atoms with Gasteiger partial charge in [0.2, 0.25) is 0 Å². The summed E-state index contributed by atoms with van der Waals surface area (Å²) in [6.45, 7) is 0.291. The summed E-state index contributed by atoms with van der Waals surface area (Å²) in [6.07, 6.45) is -3.23. The number of hydrogen-bond donors (Lipinski definition) is 1. The second-order valence-corrected chi connectivity index (χ2v) is 6.97. The largest absolute Gasteiger partial charge is 0.436 e. The fraction of sp³-hybridized carbons (Fsp3) is 0.188. The lowest BCUT2D eigenvalue weighted by atomic mass is 10.2. The lowest BCUT2D eigenvalue weighted by Crippen LogP contribution is -2.17. The predicted molar refractivity (Wildman–Crippen MR) is 96.6 cm³/mol. The van der Waals surface area contributed by atoms with Gasteiger partial charge in [-0.2, -0.15) is 23.4 Å². The van der Waals surface area contributed by atoms with Crippen LogP contribution in [0, 0.1) is 5.82 Å². The summed E-state index contributed by atoms with van der Waals surface area (Å²) in [5.74, 6) is -1.19. The van der Waals surface area contributed by atoms with E-state index < -0.39 is 28.5 Å². The molecule has 12 heteroatoms. The molecule has 0 aliphatic heterocycles. The Morgan fingerprint density at radius 3 is 2.46 bits per heavy atom. The van der Waals surface area contributed by atoms with Crippen molar-refractivity contribution in [2.75, 3.05) is 5.32 Å². The van der Waals surface area contributed by atoms with E-state index >= 15 is 0 Å². The Hall–Kier alpha value is -2.40. The van der Waals surface area contributed by atoms with E-state index in [0.29, 0.717) is 11.0 Å². The van der Waals surface area contributed by atoms with Crippen molar-refractivity contribution in [2.45, 2.75) is 12.7 Å². The average Bonchev–Trinajstić information content (AvgIpc) is 3.08. The molecular formula is C16H11BrClF4N5O. The molecule has 2 heterocycles. The first kappa shape index (κ1) is 20.3. The minimum Gasteiger partial charge on any atom is -0.303 e. The predicted octanol–water partition coefficient (Wildman–Crippen LogP) is 4.49. The Kier molecular flexibility index (Phi) is 5.48. The SMILES string of the molecule is Cn1nc(C(F)(F)F)c(Cl)c1C(=O)Nc1nn(Cc2ccc(F)cc2)cc1Br. The van der Waals surface area contributed by atoms with Crippen LogP contribution in [-0.2, 0) is 19.8 Å². The van der Waals surface area contributed by atoms with Crippen molar-refractivity contribution >= 4 is 39.3 Å². The number of rotatable bonds is 4. The summed E-state index contributed by atoms with van der Waals surface area (Å²) in [7, 11) is 1.18. The number of aryl methyl sites for hydroxylation is 1. The molecule has 0 saturated heterocycles. The van der Waals surface area contributed by atoms with Crippen molar-refractivity contribution in [3.05, 3.63) is 62.7 Å². The molecule has 1 aromatic carbocycles. The van der Waals surface area contributed by atoms with Crippen molar-refractivity contribution in [1.29, 1.82) is 0 Å². The Labute approximate surface area is 169 Å². The zero-order valence-corrected chi connectivity index (χ0v) is 16.4. The molecule has 3 rings (SSSR count). The van der Waals surface area contributed by atoms with Crippen molar-refractivity contribution in [3.8, 4) is 0 Å². The fourth-order valence-electron chi connectivity index (χ4n) is 2.43. The highest BCUT2D eigenvalue weighted by atomic mass is 79.9. The average molecular weight is 481 g/mol. The minimum atomic E-state index is -4.79. The second-order valence-electron chi connectivity index (χ2n) is 5.74. The molecule has 0 radical (unpaired) electrons. The van der Waals surface area contributed by atoms with E-state index in [1.54, 1.807) is 18.3 Å². The third kappa shape index (κ3) is 4.20. The van der Waals surface area contributed by atoms with E-state index in [1.165, 1.54) is 23.9 Å². The van der Waals surface area contributed by atoms with Crippen molar-refractivity contribution in [3.63, 3.8) is 0 Å². The fourth-order valence-corrected chi connectivity index (χ4v) is 3.20. The van der Waals surface area contributed by atoms with Crippen LogP contribution in [-0.4, -0.2) is 25.5 Å². The third-order valence-corrected chi connectivity index (χ3v) is 4.62. The van der Waals surface area contributed by atoms with E-state index in [9.17, 15) is 22.4 Å². The Morgan fingerprint density at radius 1 is 1.25 bits per heavy atom. The summed E-state index contributed by atoms with van der Waals surface area (Å²) < 4.78 is 54.3. The lowest BCUT2D eigenvalue weighted by molar-refractivity contribution is -0.141. The third-order valence-electron chi connectivity index (χ3n) is 3.68. The Balaban J connectivity index is 1.81. The van der Waals surface area contributed by atoms with Crippen LogP contribution in [0.5, 0.6) is 0 Å². The number of anilines is 1. The number of nitrogens with zero attached hydrogens (tertiary/aromatic N) is 4. The highest BCUT2D eigenvalue weighted by Gasteiger charge is 2.39. The van der Waals surface area contributed by atoms with E-state index in [1.807, 2.05) is 0 Å². The molecular weight excluding hydrogens is 470 g/mol. The van der Waals surface area contributed by atoms with Crippen LogP contribution in [0.4, 0.5) is 23.4 Å². The van der Waals surface area contributed by atoms with Crippen LogP contribution in [0.25, 0.3) is 0 Å². The van der Waals surface area contributed by atoms with Gasteiger partial charge in [-0.15, -0.1) is 0 Å². The van der Waals surface area contributed by atoms with Crippen LogP contribution in [0.1, 0.15) is 21.7 Å². The lowest BCUT2D eigenvalue weighted by Gasteiger charge is -2.04. The van der Waals surface area contributed by atoms with Gasteiger partial charge in [-0.25, -0.2) is 4.39 Å². The molecule has 2 aromatic heterocycles. The summed E-state index contributed by atoms with van der Waals surface area (Å²) in [4.78, 5) is 12.4. The number of carbonyl (C=O) groups is 1. The van der Waals surface area contributed by atoms with E-state index in [2.05, 4.69) is 31.4 Å². The normalized spacial score (nSPS) is 11.7. The van der Waals surface area contributed by atoms with E-state index in [0.717, 1.165) is 10.2 Å². The minimum absolute atomic E-state index is 0.0814. The highest BCUT2D eigenvalue weighted by molar-refractivity contribution is 9.10. The molecule has 0 saturated carbocycles. The summed E-state index contributed by atoms with van der Waals surface area (Å²) in [5.41, 5.74) is -1.03. The molecule has 0 aliphatic rings. The maximum absolute atomic E-state index is 13.0. The van der Waals surface area contributed by atoms with Gasteiger partial charge in [0.15, 0.2) is 11.5 Å². The van der Waals surface area contributed by atoms with E-state index in [4.69, 9.17) is 11.6 Å². The topological polar surface area (TPSA) is 64.7 Å². The number of amides is 1. The van der Waals surface area contributed by atoms with Gasteiger partial charge in [0.05, 0.1) is 11.0 Å². The molecule has 1 N–H and O–H groups in total. The Morgan fingerprint density at radius 2 is 1.89 bits per heavy atom. The molecule has 28 heavy (non-hydrogen) atoms. The quantitative estimate of drug-likeness (QED) is 0.560. The summed E-state index contributed by atoms with van der Waals surface area (Å²) in [6, 6.07) is 5.77. The first-order valence-corrected chi connectivity index (χ1v) is 8.82. The molecule has 6 nitrogen and oxygen atoms in total. The standard InChI is InChI=1S/C16H11BrClF4N5O/c1-26-12(11(18)13(24-26)16(20,21)22)15(28)23-14-10(17)7-27(25-14)6-8-2-4-9(19)5-3-8/h2-5,7H,6H2,1H3,(H,23,25,28). The monoisotopic (exact) mass is 479 g/mol. The zero-order chi connectivity index (χ0) is 20.6. The van der Waals surface area contributed by atoms with Gasteiger partial charge in [-0.3, -0.25) is 14.2 Å². The van der Waals surface area contributed by atoms with Gasteiger partial charge < -0.3 is 5.32 Å². The second kappa shape index (κ2) is 7.55. The molecule has 0 unspecified atom stereocenters. The molecule has 0 fully saturated rings. The van der Waals surface area contributed by atoms with Crippen LogP contribution in [0.15, 0.2) is 34.9 Å². The molecule has 3 aromatic rings. The van der Waals surface area contributed by atoms with Gasteiger partial charge in [-0.1, -0.05) is 23.7 Å². The first-order valence-electron chi connectivity index (χ1n) is 7.64. The number of benzene rings is 1. The number of halogens is 6. The van der Waals surface area contributed by atoms with E-state index in [-0.39, 0.29) is 11.6 Å². The van der Waals surface area contributed by atoms with Gasteiger partial charge >= 0.3 is 6.18 Å². The smallest absolute Gasteiger partial charge is 0.303 e. The van der Waals surface area contributed by atoms with Crippen molar-refractivity contribution < 1.29 is 22.4 Å². The summed E-state index contributed by atoms with van der Waals surface area (Å²) in [5, 5.41) is 9.02. The maximum Gasteiger partial charge on any atom is 0.436 e. The van der Waals surface area contributed by atoms with Gasteiger partial charge in [0, 0.05) is 13.2 Å². The number of carbonyl (C=O) groups excluding carboxylic acids is 1. The van der Waals surface area contributed by atoms with Gasteiger partial charge in [-0.05, 0) is 33.6 Å². The zero-order valence-electron chi connectivity index (χ0n) is 14.1. The molecule has 0 bridgehead atoms. The van der Waals surface area contributed by atoms with Gasteiger partial charge in [0.1, 0.15) is 16.5 Å². The van der Waals surface area contributed by atoms with Gasteiger partial charge in [0.25, 0.3) is 5.91 Å². The van der Waals surface area contributed by atoms with Crippen molar-refractivity contribution in [2.24, 2.45) is 7.05 Å². The van der Waals surface area contributed by atoms with Crippen LogP contribution in [0.3, 0.4) is 0 Å². The number of alkyl halides is 3. The molecule has 148 valence electrons. The first-order chi connectivity index (χ1) is 13.1. The van der Waals surface area contributed by atoms with Crippen molar-refractivity contribution in [1.82, 2.24) is 19.6 Å². The number of nitrogens with one attached hydrogen (secondary N) is 1. The molecule has 0 aliphatic carbocycles. The molecule has 1 amide bonds. The van der Waals surface area contributed by atoms with Crippen LogP contribution in [0.2, 0.25) is 5.02 Å². The molecule has 0 atom stereocenters. The maximum atomic E-state index is 13.0. The van der Waals surface area contributed by atoms with Crippen LogP contribution < -0.4 is 5.32 Å². The Bertz CT molecular complexity index is 1030. The molecule has 0 spiro atoms. The highest BCUT2D eigenvalue weighted by Crippen LogP contribution is 2.35. The number of hydrogen-bond acceptors (Lipinski definition) is 3. The van der Waals surface area contributed by atoms with Crippen LogP contribution >= 0.6 is 27.5 Å².